The minimum atomic E-state index is -0.278. The first-order chi connectivity index (χ1) is 18.6. The third kappa shape index (κ3) is 7.01. The number of benzene rings is 3. The first-order valence-corrected chi connectivity index (χ1v) is 13.9. The maximum atomic E-state index is 12.7. The zero-order valence-electron chi connectivity index (χ0n) is 22.3. The molecule has 0 aliphatic carbocycles. The summed E-state index contributed by atoms with van der Waals surface area (Å²) in [5.41, 5.74) is 7.01. The van der Waals surface area contributed by atoms with Crippen molar-refractivity contribution in [3.8, 4) is 22.8 Å². The molecule has 0 spiro atoms. The summed E-state index contributed by atoms with van der Waals surface area (Å²) in [6, 6.07) is 21.1. The van der Waals surface area contributed by atoms with Crippen LogP contribution in [0.3, 0.4) is 0 Å². The van der Waals surface area contributed by atoms with Crippen LogP contribution < -0.4 is 10.2 Å². The van der Waals surface area contributed by atoms with Crippen LogP contribution in [-0.2, 0) is 10.2 Å². The molecular formula is C29H29Cl2N5O2S. The number of thioether (sulfide) groups is 1. The van der Waals surface area contributed by atoms with Crippen LogP contribution in [0.15, 0.2) is 77.0 Å². The highest BCUT2D eigenvalue weighted by atomic mass is 35.5. The quantitative estimate of drug-likeness (QED) is 0.135. The van der Waals surface area contributed by atoms with Crippen molar-refractivity contribution in [3.63, 3.8) is 0 Å². The number of aromatic nitrogens is 3. The Hall–Kier alpha value is -3.33. The first kappa shape index (κ1) is 28.7. The lowest BCUT2D eigenvalue weighted by Crippen LogP contribution is -2.21. The molecule has 1 heterocycles. The molecule has 1 aromatic heterocycles. The monoisotopic (exact) mass is 581 g/mol. The van der Waals surface area contributed by atoms with E-state index in [0.29, 0.717) is 26.7 Å². The molecule has 0 unspecified atom stereocenters. The number of carbonyl (C=O) groups excluding carboxylic acids is 1. The van der Waals surface area contributed by atoms with Crippen molar-refractivity contribution in [1.82, 2.24) is 20.2 Å². The molecule has 4 aromatic rings. The van der Waals surface area contributed by atoms with Crippen LogP contribution in [0.25, 0.3) is 17.1 Å². The number of methoxy groups -OCH3 is 1. The Morgan fingerprint density at radius 3 is 2.31 bits per heavy atom. The van der Waals surface area contributed by atoms with Crippen molar-refractivity contribution in [2.24, 2.45) is 5.10 Å². The topological polar surface area (TPSA) is 81.4 Å². The van der Waals surface area contributed by atoms with E-state index in [1.807, 2.05) is 41.0 Å². The number of nitrogens with zero attached hydrogens (tertiary/aromatic N) is 4. The van der Waals surface area contributed by atoms with Gasteiger partial charge in [-0.1, -0.05) is 86.1 Å². The van der Waals surface area contributed by atoms with Gasteiger partial charge in [0.2, 0.25) is 0 Å². The zero-order chi connectivity index (χ0) is 28.2. The third-order valence-electron chi connectivity index (χ3n) is 5.99. The van der Waals surface area contributed by atoms with Gasteiger partial charge in [-0.15, -0.1) is 10.2 Å². The van der Waals surface area contributed by atoms with Gasteiger partial charge in [-0.05, 0) is 59.9 Å². The van der Waals surface area contributed by atoms with Crippen molar-refractivity contribution < 1.29 is 9.53 Å². The maximum Gasteiger partial charge on any atom is 0.250 e. The minimum absolute atomic E-state index is 0.0389. The molecular weight excluding hydrogens is 553 g/mol. The van der Waals surface area contributed by atoms with E-state index in [4.69, 9.17) is 27.9 Å². The molecule has 0 radical (unpaired) electrons. The molecule has 39 heavy (non-hydrogen) atoms. The minimum Gasteiger partial charge on any atom is -0.497 e. The van der Waals surface area contributed by atoms with Crippen molar-refractivity contribution in [1.29, 1.82) is 0 Å². The summed E-state index contributed by atoms with van der Waals surface area (Å²) in [7, 11) is 1.63. The molecule has 0 aliphatic heterocycles. The van der Waals surface area contributed by atoms with E-state index in [1.165, 1.54) is 17.3 Å². The lowest BCUT2D eigenvalue weighted by Gasteiger charge is -2.19. The van der Waals surface area contributed by atoms with Gasteiger partial charge in [0.05, 0.1) is 28.6 Å². The van der Waals surface area contributed by atoms with Gasteiger partial charge in [-0.3, -0.25) is 9.36 Å². The van der Waals surface area contributed by atoms with Crippen LogP contribution in [0.4, 0.5) is 0 Å². The second-order valence-corrected chi connectivity index (χ2v) is 11.6. The van der Waals surface area contributed by atoms with E-state index in [0.717, 1.165) is 22.6 Å². The zero-order valence-corrected chi connectivity index (χ0v) is 24.7. The van der Waals surface area contributed by atoms with Crippen LogP contribution in [0.2, 0.25) is 10.0 Å². The van der Waals surface area contributed by atoms with Gasteiger partial charge < -0.3 is 4.74 Å². The van der Waals surface area contributed by atoms with E-state index in [1.54, 1.807) is 32.2 Å². The number of carbonyl (C=O) groups is 1. The Labute approximate surface area is 242 Å². The number of halogens is 2. The Morgan fingerprint density at radius 1 is 1.00 bits per heavy atom. The molecule has 0 saturated heterocycles. The van der Waals surface area contributed by atoms with E-state index < -0.39 is 0 Å². The number of amides is 1. The van der Waals surface area contributed by atoms with Gasteiger partial charge in [0.15, 0.2) is 11.0 Å². The Bertz CT molecular complexity index is 1490. The third-order valence-corrected chi connectivity index (χ3v) is 7.66. The van der Waals surface area contributed by atoms with Crippen LogP contribution >= 0.6 is 35.0 Å². The molecule has 0 aliphatic rings. The number of nitrogens with one attached hydrogen (secondary N) is 1. The summed E-state index contributed by atoms with van der Waals surface area (Å²) in [6.07, 6.45) is 0. The number of ether oxygens (including phenoxy) is 1. The maximum absolute atomic E-state index is 12.7. The van der Waals surface area contributed by atoms with Gasteiger partial charge in [0, 0.05) is 11.3 Å². The highest BCUT2D eigenvalue weighted by Gasteiger charge is 2.19. The standard InChI is InChI=1S/C29H29Cl2N5O2S/c1-18(20-8-15-24(30)25(31)16-20)32-33-26(37)17-39-28-35-34-27(19-6-9-21(10-7-19)29(2,3)4)36(28)22-11-13-23(38-5)14-12-22/h6-16H,17H2,1-5H3,(H,33,37). The predicted molar refractivity (Wildman–Crippen MR) is 160 cm³/mol. The largest absolute Gasteiger partial charge is 0.497 e. The van der Waals surface area contributed by atoms with Crippen molar-refractivity contribution in [2.75, 3.05) is 12.9 Å². The average Bonchev–Trinajstić information content (AvgIpc) is 3.35. The van der Waals surface area contributed by atoms with E-state index in [-0.39, 0.29) is 17.1 Å². The molecule has 202 valence electrons. The number of hydrogen-bond acceptors (Lipinski definition) is 6. The number of hydrogen-bond donors (Lipinski definition) is 1. The molecule has 1 amide bonds. The summed E-state index contributed by atoms with van der Waals surface area (Å²) in [6.45, 7) is 8.32. The van der Waals surface area contributed by atoms with E-state index in [2.05, 4.69) is 53.6 Å². The van der Waals surface area contributed by atoms with Gasteiger partial charge in [-0.25, -0.2) is 5.43 Å². The van der Waals surface area contributed by atoms with Gasteiger partial charge in [0.1, 0.15) is 5.75 Å². The van der Waals surface area contributed by atoms with Gasteiger partial charge >= 0.3 is 0 Å². The Balaban J connectivity index is 1.56. The summed E-state index contributed by atoms with van der Waals surface area (Å²) < 4.78 is 7.26. The fraction of sp³-hybridized carbons (Fsp3) is 0.241. The molecule has 10 heteroatoms. The van der Waals surface area contributed by atoms with E-state index >= 15 is 0 Å². The molecule has 7 nitrogen and oxygen atoms in total. The molecule has 1 N–H and O–H groups in total. The second kappa shape index (κ2) is 12.2. The fourth-order valence-electron chi connectivity index (χ4n) is 3.73. The van der Waals surface area contributed by atoms with Gasteiger partial charge in [0.25, 0.3) is 5.91 Å². The van der Waals surface area contributed by atoms with Crippen LogP contribution in [0.5, 0.6) is 5.75 Å². The van der Waals surface area contributed by atoms with Crippen molar-refractivity contribution in [2.45, 2.75) is 38.3 Å². The van der Waals surface area contributed by atoms with Crippen LogP contribution in [0, 0.1) is 0 Å². The average molecular weight is 583 g/mol. The Kier molecular flexibility index (Phi) is 9.00. The molecule has 0 fully saturated rings. The molecule has 0 atom stereocenters. The summed E-state index contributed by atoms with van der Waals surface area (Å²) in [5, 5.41) is 14.6. The second-order valence-electron chi connectivity index (χ2n) is 9.82. The highest BCUT2D eigenvalue weighted by Crippen LogP contribution is 2.31. The Morgan fingerprint density at radius 2 is 1.69 bits per heavy atom. The summed E-state index contributed by atoms with van der Waals surface area (Å²) in [5.74, 6) is 1.23. The fourth-order valence-corrected chi connectivity index (χ4v) is 4.77. The van der Waals surface area contributed by atoms with Crippen LogP contribution in [-0.4, -0.2) is 39.2 Å². The summed E-state index contributed by atoms with van der Waals surface area (Å²) in [4.78, 5) is 12.7. The van der Waals surface area contributed by atoms with E-state index in [9.17, 15) is 4.79 Å². The van der Waals surface area contributed by atoms with Crippen LogP contribution in [0.1, 0.15) is 38.8 Å². The first-order valence-electron chi connectivity index (χ1n) is 12.2. The lowest BCUT2D eigenvalue weighted by atomic mass is 9.87. The van der Waals surface area contributed by atoms with Crippen molar-refractivity contribution >= 4 is 46.6 Å². The molecule has 0 bridgehead atoms. The molecule has 4 rings (SSSR count). The predicted octanol–water partition coefficient (Wildman–Crippen LogP) is 7.18. The number of rotatable bonds is 8. The highest BCUT2D eigenvalue weighted by molar-refractivity contribution is 7.99. The van der Waals surface area contributed by atoms with Crippen molar-refractivity contribution in [3.05, 3.63) is 87.9 Å². The normalized spacial score (nSPS) is 11.9. The molecule has 0 saturated carbocycles. The smallest absolute Gasteiger partial charge is 0.250 e. The number of hydrazone groups is 1. The molecule has 3 aromatic carbocycles. The van der Waals surface area contributed by atoms with Gasteiger partial charge in [-0.2, -0.15) is 5.10 Å². The SMILES string of the molecule is COc1ccc(-n2c(SCC(=O)NN=C(C)c3ccc(Cl)c(Cl)c3)nnc2-c2ccc(C(C)(C)C)cc2)cc1. The lowest BCUT2D eigenvalue weighted by molar-refractivity contribution is -0.118. The summed E-state index contributed by atoms with van der Waals surface area (Å²) >= 11 is 13.4.